The minimum absolute atomic E-state index is 0.166. The number of nitrogens with zero attached hydrogens (tertiary/aromatic N) is 2. The molecular weight excluding hydrogens is 520 g/mol. The summed E-state index contributed by atoms with van der Waals surface area (Å²) in [6, 6.07) is 4.27. The molecule has 0 radical (unpaired) electrons. The topological polar surface area (TPSA) is 96.4 Å². The molecule has 0 bridgehead atoms. The lowest BCUT2D eigenvalue weighted by atomic mass is 9.73. The fourth-order valence-electron chi connectivity index (χ4n) is 7.62. The van der Waals surface area contributed by atoms with Crippen LogP contribution in [0.25, 0.3) is 0 Å². The van der Waals surface area contributed by atoms with Gasteiger partial charge in [0.05, 0.1) is 25.2 Å². The summed E-state index contributed by atoms with van der Waals surface area (Å²) in [6.45, 7) is 10.2. The van der Waals surface area contributed by atoms with Gasteiger partial charge in [0.25, 0.3) is 5.91 Å². The van der Waals surface area contributed by atoms with Gasteiger partial charge in [-0.3, -0.25) is 14.4 Å². The number of amides is 2. The van der Waals surface area contributed by atoms with Gasteiger partial charge in [0, 0.05) is 12.2 Å². The number of anilines is 1. The average Bonchev–Trinajstić information content (AvgIpc) is 3.30. The van der Waals surface area contributed by atoms with Gasteiger partial charge in [0.1, 0.15) is 23.2 Å². The lowest BCUT2D eigenvalue weighted by molar-refractivity contribution is -0.161. The molecule has 1 aromatic carbocycles. The van der Waals surface area contributed by atoms with E-state index in [1.807, 2.05) is 77.1 Å². The molecule has 4 aliphatic rings. The van der Waals surface area contributed by atoms with Gasteiger partial charge in [0.2, 0.25) is 5.91 Å². The first-order valence-corrected chi connectivity index (χ1v) is 15.1. The first-order chi connectivity index (χ1) is 19.6. The number of likely N-dealkylation sites (tertiary alicyclic amines) is 1. The summed E-state index contributed by atoms with van der Waals surface area (Å²) >= 11 is 0. The molecule has 41 heavy (non-hydrogen) atoms. The summed E-state index contributed by atoms with van der Waals surface area (Å²) in [5.41, 5.74) is 0.232. The number of hydrogen-bond donors (Lipinski definition) is 1. The molecule has 0 saturated carbocycles. The van der Waals surface area contributed by atoms with E-state index in [4.69, 9.17) is 9.47 Å². The van der Waals surface area contributed by atoms with Gasteiger partial charge in [-0.2, -0.15) is 0 Å². The molecule has 5 rings (SSSR count). The smallest absolute Gasteiger partial charge is 0.313 e. The standard InChI is InChI=1S/C33H44N2O6/c1-6-32-15-9-7-8-10-18-40-31(39)26(32)25-29(37)35(24(20-36)19-21(2)3)28-30(38)34(17-12-16-33(25,28)41-32)27-22(4)13-11-14-23(27)5/h9,11-16,21,24-26,28,36H,6-8,10,17-20H2,1-5H3/b15-9-/t24-,25+,26+,28?,32-,33+/m1/s1. The van der Waals surface area contributed by atoms with Crippen LogP contribution >= 0.6 is 0 Å². The van der Waals surface area contributed by atoms with Gasteiger partial charge in [-0.15, -0.1) is 0 Å². The lowest BCUT2D eigenvalue weighted by Crippen LogP contribution is -2.59. The van der Waals surface area contributed by atoms with Crippen molar-refractivity contribution < 1.29 is 29.0 Å². The Morgan fingerprint density at radius 1 is 1.02 bits per heavy atom. The van der Waals surface area contributed by atoms with Crippen LogP contribution in [0.3, 0.4) is 0 Å². The van der Waals surface area contributed by atoms with E-state index in [0.29, 0.717) is 19.4 Å². The summed E-state index contributed by atoms with van der Waals surface area (Å²) < 4.78 is 12.8. The quantitative estimate of drug-likeness (QED) is 0.410. The molecule has 4 aliphatic heterocycles. The van der Waals surface area contributed by atoms with Gasteiger partial charge in [0.15, 0.2) is 0 Å². The molecule has 2 amide bonds. The Bertz CT molecular complexity index is 1240. The fourth-order valence-corrected chi connectivity index (χ4v) is 7.62. The Balaban J connectivity index is 1.72. The van der Waals surface area contributed by atoms with Gasteiger partial charge in [-0.1, -0.05) is 63.3 Å². The lowest BCUT2D eigenvalue weighted by Gasteiger charge is -2.41. The molecule has 1 aromatic rings. The maximum Gasteiger partial charge on any atom is 0.313 e. The summed E-state index contributed by atoms with van der Waals surface area (Å²) in [5, 5.41) is 10.6. The number of ether oxygens (including phenoxy) is 2. The SMILES string of the molecule is CC[C@@]12/C=C\CCCCOC(=O)[C@@H]1[C@H]1C(=O)N([C@@H](CO)CC(C)C)C3C(=O)N(c4c(C)cccc4C)CC=C[C@@]31O2. The van der Waals surface area contributed by atoms with Crippen molar-refractivity contribution in [3.63, 3.8) is 0 Å². The number of aliphatic hydroxyl groups excluding tert-OH is 1. The molecule has 1 unspecified atom stereocenters. The normalized spacial score (nSPS) is 33.2. The highest BCUT2D eigenvalue weighted by Crippen LogP contribution is 2.59. The van der Waals surface area contributed by atoms with Crippen molar-refractivity contribution in [2.45, 2.75) is 90.0 Å². The molecule has 0 aromatic heterocycles. The minimum Gasteiger partial charge on any atom is -0.465 e. The largest absolute Gasteiger partial charge is 0.465 e. The summed E-state index contributed by atoms with van der Waals surface area (Å²) in [4.78, 5) is 46.6. The van der Waals surface area contributed by atoms with E-state index in [1.165, 1.54) is 0 Å². The van der Waals surface area contributed by atoms with E-state index < -0.39 is 41.1 Å². The Kier molecular flexibility index (Phi) is 8.18. The number of hydrogen-bond acceptors (Lipinski definition) is 6. The van der Waals surface area contributed by atoms with Crippen molar-refractivity contribution in [3.05, 3.63) is 53.6 Å². The number of esters is 1. The van der Waals surface area contributed by atoms with E-state index >= 15 is 0 Å². The van der Waals surface area contributed by atoms with E-state index in [1.54, 1.807) is 9.80 Å². The maximum atomic E-state index is 14.9. The van der Waals surface area contributed by atoms with E-state index in [0.717, 1.165) is 36.1 Å². The summed E-state index contributed by atoms with van der Waals surface area (Å²) in [5.74, 6) is -2.76. The third kappa shape index (κ3) is 4.73. The molecule has 0 aliphatic carbocycles. The molecule has 2 fully saturated rings. The third-order valence-corrected chi connectivity index (χ3v) is 9.38. The minimum atomic E-state index is -1.39. The molecule has 8 heteroatoms. The number of carbonyl (C=O) groups excluding carboxylic acids is 3. The Labute approximate surface area is 243 Å². The van der Waals surface area contributed by atoms with Crippen LogP contribution in [0.2, 0.25) is 0 Å². The summed E-state index contributed by atoms with van der Waals surface area (Å²) in [6.07, 6.45) is 11.1. The molecule has 222 valence electrons. The van der Waals surface area contributed by atoms with Crippen molar-refractivity contribution in [3.8, 4) is 0 Å². The van der Waals surface area contributed by atoms with Crippen LogP contribution in [-0.2, 0) is 23.9 Å². The number of aryl methyl sites for hydroxylation is 2. The van der Waals surface area contributed by atoms with Crippen molar-refractivity contribution in [1.82, 2.24) is 4.90 Å². The number of fused-ring (bicyclic) bond motifs is 2. The van der Waals surface area contributed by atoms with Gasteiger partial charge in [-0.05, 0) is 63.0 Å². The second-order valence-corrected chi connectivity index (χ2v) is 12.5. The number of rotatable bonds is 6. The highest BCUT2D eigenvalue weighted by atomic mass is 16.6. The van der Waals surface area contributed by atoms with Crippen LogP contribution in [0.15, 0.2) is 42.5 Å². The molecule has 1 spiro atoms. The molecule has 4 heterocycles. The molecular formula is C33H44N2O6. The second kappa shape index (κ2) is 11.4. The van der Waals surface area contributed by atoms with Crippen LogP contribution in [-0.4, -0.2) is 70.8 Å². The van der Waals surface area contributed by atoms with Crippen molar-refractivity contribution >= 4 is 23.5 Å². The highest BCUT2D eigenvalue weighted by molar-refractivity contribution is 6.06. The van der Waals surface area contributed by atoms with Crippen molar-refractivity contribution in [2.75, 3.05) is 24.7 Å². The van der Waals surface area contributed by atoms with Gasteiger partial charge in [-0.25, -0.2) is 0 Å². The number of carbonyl (C=O) groups is 3. The van der Waals surface area contributed by atoms with Crippen LogP contribution in [0, 0.1) is 31.6 Å². The fraction of sp³-hybridized carbons (Fsp3) is 0.606. The van der Waals surface area contributed by atoms with Crippen LogP contribution in [0.1, 0.15) is 64.0 Å². The van der Waals surface area contributed by atoms with Crippen molar-refractivity contribution in [2.24, 2.45) is 17.8 Å². The number of allylic oxidation sites excluding steroid dienone is 1. The summed E-state index contributed by atoms with van der Waals surface area (Å²) in [7, 11) is 0. The zero-order valence-corrected chi connectivity index (χ0v) is 25.0. The monoisotopic (exact) mass is 564 g/mol. The highest BCUT2D eigenvalue weighted by Gasteiger charge is 2.76. The van der Waals surface area contributed by atoms with E-state index in [2.05, 4.69) is 0 Å². The first-order valence-electron chi connectivity index (χ1n) is 15.1. The molecule has 8 nitrogen and oxygen atoms in total. The zero-order valence-electron chi connectivity index (χ0n) is 25.0. The molecule has 1 N–H and O–H groups in total. The number of aliphatic hydroxyl groups is 1. The van der Waals surface area contributed by atoms with Gasteiger partial charge >= 0.3 is 5.97 Å². The van der Waals surface area contributed by atoms with Gasteiger partial charge < -0.3 is 24.4 Å². The van der Waals surface area contributed by atoms with E-state index in [9.17, 15) is 19.5 Å². The third-order valence-electron chi connectivity index (χ3n) is 9.38. The number of para-hydroxylation sites is 1. The Hall–Kier alpha value is -2.97. The molecule has 6 atom stereocenters. The maximum absolute atomic E-state index is 14.9. The predicted molar refractivity (Wildman–Crippen MR) is 156 cm³/mol. The zero-order chi connectivity index (χ0) is 29.5. The molecule has 2 saturated heterocycles. The number of benzene rings is 1. The van der Waals surface area contributed by atoms with Crippen LogP contribution in [0.5, 0.6) is 0 Å². The van der Waals surface area contributed by atoms with Crippen molar-refractivity contribution in [1.29, 1.82) is 0 Å². The van der Waals surface area contributed by atoms with Crippen LogP contribution < -0.4 is 4.90 Å². The Morgan fingerprint density at radius 2 is 1.76 bits per heavy atom. The predicted octanol–water partition coefficient (Wildman–Crippen LogP) is 4.26. The number of cyclic esters (lactones) is 1. The van der Waals surface area contributed by atoms with Crippen LogP contribution in [0.4, 0.5) is 5.69 Å². The second-order valence-electron chi connectivity index (χ2n) is 12.5. The first kappa shape index (κ1) is 29.5. The Morgan fingerprint density at radius 3 is 2.41 bits per heavy atom. The average molecular weight is 565 g/mol. The van der Waals surface area contributed by atoms with E-state index in [-0.39, 0.29) is 30.9 Å².